The number of anilines is 1. The van der Waals surface area contributed by atoms with Crippen molar-refractivity contribution in [2.24, 2.45) is 0 Å². The van der Waals surface area contributed by atoms with E-state index in [-0.39, 0.29) is 0 Å². The zero-order chi connectivity index (χ0) is 13.7. The van der Waals surface area contributed by atoms with Crippen LogP contribution in [-0.4, -0.2) is 7.05 Å². The lowest BCUT2D eigenvalue weighted by Gasteiger charge is -2.17. The van der Waals surface area contributed by atoms with Crippen molar-refractivity contribution >= 4 is 5.69 Å². The Morgan fingerprint density at radius 2 is 1.74 bits per heavy atom. The molecule has 0 bridgehead atoms. The average Bonchev–Trinajstić information content (AvgIpc) is 2.45. The van der Waals surface area contributed by atoms with E-state index in [2.05, 4.69) is 43.4 Å². The van der Waals surface area contributed by atoms with Crippen molar-refractivity contribution in [2.75, 3.05) is 12.4 Å². The smallest absolute Gasteiger partial charge is 0.143 e. The van der Waals surface area contributed by atoms with Crippen LogP contribution in [0.1, 0.15) is 30.9 Å². The van der Waals surface area contributed by atoms with Crippen LogP contribution in [0.15, 0.2) is 48.5 Å². The van der Waals surface area contributed by atoms with E-state index in [1.807, 2.05) is 31.3 Å². The van der Waals surface area contributed by atoms with Crippen LogP contribution >= 0.6 is 0 Å². The number of nitrogens with one attached hydrogen (secondary N) is 1. The first-order chi connectivity index (χ1) is 9.22. The molecule has 0 radical (unpaired) electrons. The molecule has 2 heteroatoms. The van der Waals surface area contributed by atoms with Gasteiger partial charge in [-0.25, -0.2) is 0 Å². The van der Waals surface area contributed by atoms with Crippen LogP contribution in [0.3, 0.4) is 0 Å². The molecule has 0 unspecified atom stereocenters. The third-order valence-electron chi connectivity index (χ3n) is 3.17. The quantitative estimate of drug-likeness (QED) is 0.853. The Kier molecular flexibility index (Phi) is 4.45. The molecule has 0 saturated heterocycles. The Morgan fingerprint density at radius 1 is 1.00 bits per heavy atom. The molecule has 100 valence electrons. The van der Waals surface area contributed by atoms with Gasteiger partial charge in [0.15, 0.2) is 0 Å². The van der Waals surface area contributed by atoms with Crippen molar-refractivity contribution < 1.29 is 4.74 Å². The Labute approximate surface area is 115 Å². The molecule has 0 spiro atoms. The van der Waals surface area contributed by atoms with Gasteiger partial charge in [0.2, 0.25) is 0 Å². The molecule has 1 N–H and O–H groups in total. The maximum Gasteiger partial charge on any atom is 0.143 e. The van der Waals surface area contributed by atoms with Crippen molar-refractivity contribution in [1.29, 1.82) is 0 Å². The molecule has 0 aliphatic carbocycles. The lowest BCUT2D eigenvalue weighted by Crippen LogP contribution is -2.03. The van der Waals surface area contributed by atoms with Gasteiger partial charge >= 0.3 is 0 Å². The number of benzene rings is 2. The van der Waals surface area contributed by atoms with Gasteiger partial charge in [0.1, 0.15) is 12.4 Å². The summed E-state index contributed by atoms with van der Waals surface area (Å²) in [6.07, 6.45) is 0. The lowest BCUT2D eigenvalue weighted by atomic mass is 10.0. The minimum atomic E-state index is 0.475. The summed E-state index contributed by atoms with van der Waals surface area (Å²) in [4.78, 5) is 0. The number of rotatable bonds is 5. The summed E-state index contributed by atoms with van der Waals surface area (Å²) >= 11 is 0. The summed E-state index contributed by atoms with van der Waals surface area (Å²) in [5.41, 5.74) is 3.56. The molecule has 0 heterocycles. The van der Waals surface area contributed by atoms with Gasteiger partial charge in [-0.05, 0) is 23.1 Å². The fraction of sp³-hybridized carbons (Fsp3) is 0.294. The molecular weight excluding hydrogens is 234 g/mol. The van der Waals surface area contributed by atoms with Crippen LogP contribution in [0.5, 0.6) is 5.75 Å². The van der Waals surface area contributed by atoms with E-state index in [1.165, 1.54) is 11.1 Å². The molecule has 0 aliphatic heterocycles. The summed E-state index contributed by atoms with van der Waals surface area (Å²) in [6.45, 7) is 4.98. The van der Waals surface area contributed by atoms with Crippen LogP contribution in [0.25, 0.3) is 0 Å². The maximum atomic E-state index is 5.94. The van der Waals surface area contributed by atoms with Crippen molar-refractivity contribution in [3.8, 4) is 5.75 Å². The highest BCUT2D eigenvalue weighted by molar-refractivity contribution is 5.62. The molecule has 0 saturated carbocycles. The minimum Gasteiger partial charge on any atom is -0.487 e. The monoisotopic (exact) mass is 255 g/mol. The standard InChI is InChI=1S/C17H21NO/c1-13(2)15-10-7-11-16(17(15)18-3)19-12-14-8-5-4-6-9-14/h4-11,13,18H,12H2,1-3H3. The van der Waals surface area contributed by atoms with Crippen molar-refractivity contribution in [1.82, 2.24) is 0 Å². The Bertz CT molecular complexity index is 520. The zero-order valence-electron chi connectivity index (χ0n) is 11.8. The second-order valence-corrected chi connectivity index (χ2v) is 4.90. The molecule has 2 aromatic rings. The van der Waals surface area contributed by atoms with Crippen molar-refractivity contribution in [3.05, 3.63) is 59.7 Å². The van der Waals surface area contributed by atoms with Gasteiger partial charge in [-0.3, -0.25) is 0 Å². The zero-order valence-corrected chi connectivity index (χ0v) is 11.8. The van der Waals surface area contributed by atoms with Crippen LogP contribution in [0, 0.1) is 0 Å². The number of para-hydroxylation sites is 1. The molecule has 0 aromatic heterocycles. The predicted molar refractivity (Wildman–Crippen MR) is 80.9 cm³/mol. The van der Waals surface area contributed by atoms with Crippen molar-refractivity contribution in [3.63, 3.8) is 0 Å². The minimum absolute atomic E-state index is 0.475. The van der Waals surface area contributed by atoms with Gasteiger partial charge in [0.25, 0.3) is 0 Å². The summed E-state index contributed by atoms with van der Waals surface area (Å²) < 4.78 is 5.94. The second kappa shape index (κ2) is 6.28. The highest BCUT2D eigenvalue weighted by Crippen LogP contribution is 2.33. The first-order valence-corrected chi connectivity index (χ1v) is 6.69. The lowest BCUT2D eigenvalue weighted by molar-refractivity contribution is 0.307. The topological polar surface area (TPSA) is 21.3 Å². The summed E-state index contributed by atoms with van der Waals surface area (Å²) in [5, 5.41) is 3.26. The van der Waals surface area contributed by atoms with E-state index in [4.69, 9.17) is 4.74 Å². The van der Waals surface area contributed by atoms with Crippen molar-refractivity contribution in [2.45, 2.75) is 26.4 Å². The Morgan fingerprint density at radius 3 is 2.37 bits per heavy atom. The number of hydrogen-bond donors (Lipinski definition) is 1. The van der Waals surface area contributed by atoms with E-state index in [0.717, 1.165) is 11.4 Å². The van der Waals surface area contributed by atoms with Gasteiger partial charge in [-0.15, -0.1) is 0 Å². The first-order valence-electron chi connectivity index (χ1n) is 6.69. The molecular formula is C17H21NO. The fourth-order valence-corrected chi connectivity index (χ4v) is 2.15. The molecule has 2 aromatic carbocycles. The maximum absolute atomic E-state index is 5.94. The third kappa shape index (κ3) is 3.28. The fourth-order valence-electron chi connectivity index (χ4n) is 2.15. The highest BCUT2D eigenvalue weighted by atomic mass is 16.5. The predicted octanol–water partition coefficient (Wildman–Crippen LogP) is 4.43. The van der Waals surface area contributed by atoms with Gasteiger partial charge in [0.05, 0.1) is 5.69 Å². The highest BCUT2D eigenvalue weighted by Gasteiger charge is 2.10. The number of hydrogen-bond acceptors (Lipinski definition) is 2. The Hall–Kier alpha value is -1.96. The normalized spacial score (nSPS) is 10.5. The van der Waals surface area contributed by atoms with E-state index in [1.54, 1.807) is 0 Å². The molecule has 0 fully saturated rings. The van der Waals surface area contributed by atoms with Crippen LogP contribution in [-0.2, 0) is 6.61 Å². The van der Waals surface area contributed by atoms with E-state index >= 15 is 0 Å². The number of ether oxygens (including phenoxy) is 1. The van der Waals surface area contributed by atoms with Gasteiger partial charge in [0, 0.05) is 7.05 Å². The second-order valence-electron chi connectivity index (χ2n) is 4.90. The van der Waals surface area contributed by atoms with E-state index < -0.39 is 0 Å². The van der Waals surface area contributed by atoms with Crippen LogP contribution in [0.4, 0.5) is 5.69 Å². The molecule has 0 amide bonds. The third-order valence-corrected chi connectivity index (χ3v) is 3.17. The van der Waals surface area contributed by atoms with Gasteiger partial charge < -0.3 is 10.1 Å². The van der Waals surface area contributed by atoms with E-state index in [0.29, 0.717) is 12.5 Å². The molecule has 2 nitrogen and oxygen atoms in total. The average molecular weight is 255 g/mol. The molecule has 19 heavy (non-hydrogen) atoms. The summed E-state index contributed by atoms with van der Waals surface area (Å²) in [7, 11) is 1.94. The van der Waals surface area contributed by atoms with Crippen LogP contribution < -0.4 is 10.1 Å². The molecule has 0 aliphatic rings. The van der Waals surface area contributed by atoms with Gasteiger partial charge in [-0.1, -0.05) is 56.3 Å². The Balaban J connectivity index is 2.18. The summed E-state index contributed by atoms with van der Waals surface area (Å²) in [5.74, 6) is 1.39. The largest absolute Gasteiger partial charge is 0.487 e. The molecule has 2 rings (SSSR count). The van der Waals surface area contributed by atoms with Gasteiger partial charge in [-0.2, -0.15) is 0 Å². The molecule has 0 atom stereocenters. The van der Waals surface area contributed by atoms with Crippen LogP contribution in [0.2, 0.25) is 0 Å². The summed E-state index contributed by atoms with van der Waals surface area (Å²) in [6, 6.07) is 16.4. The SMILES string of the molecule is CNc1c(OCc2ccccc2)cccc1C(C)C. The first kappa shape index (κ1) is 13.5. The van der Waals surface area contributed by atoms with E-state index in [9.17, 15) is 0 Å².